The number of nitrogens with one attached hydrogen (secondary N) is 1. The van der Waals surface area contributed by atoms with Gasteiger partial charge in [-0.05, 0) is 54.5 Å². The zero-order valence-corrected chi connectivity index (χ0v) is 13.9. The number of rotatable bonds is 6. The van der Waals surface area contributed by atoms with E-state index >= 15 is 0 Å². The number of hydrogen-bond donors (Lipinski definition) is 1. The second-order valence-electron chi connectivity index (χ2n) is 6.50. The van der Waals surface area contributed by atoms with E-state index in [0.29, 0.717) is 17.9 Å². The molecule has 2 heterocycles. The van der Waals surface area contributed by atoms with Crippen molar-refractivity contribution < 1.29 is 4.79 Å². The van der Waals surface area contributed by atoms with Crippen molar-refractivity contribution in [1.29, 1.82) is 0 Å². The van der Waals surface area contributed by atoms with Crippen molar-refractivity contribution in [3.8, 4) is 0 Å². The second kappa shape index (κ2) is 6.49. The minimum absolute atomic E-state index is 0.0115. The Morgan fingerprint density at radius 3 is 2.86 bits per heavy atom. The summed E-state index contributed by atoms with van der Waals surface area (Å²) >= 11 is 1.71. The molecule has 1 aliphatic carbocycles. The Bertz CT molecular complexity index is 469. The summed E-state index contributed by atoms with van der Waals surface area (Å²) in [6.45, 7) is 4.43. The van der Waals surface area contributed by atoms with Crippen molar-refractivity contribution in [2.45, 2.75) is 70.6 Å². The van der Waals surface area contributed by atoms with E-state index in [4.69, 9.17) is 0 Å². The van der Waals surface area contributed by atoms with Crippen molar-refractivity contribution in [2.75, 3.05) is 0 Å². The predicted octanol–water partition coefficient (Wildman–Crippen LogP) is 3.93. The molecule has 0 spiro atoms. The van der Waals surface area contributed by atoms with E-state index in [2.05, 4.69) is 40.9 Å². The summed E-state index contributed by atoms with van der Waals surface area (Å²) in [6, 6.07) is 2.52. The maximum atomic E-state index is 12.9. The van der Waals surface area contributed by atoms with E-state index in [1.165, 1.54) is 24.8 Å². The first-order chi connectivity index (χ1) is 10.2. The monoisotopic (exact) mass is 306 g/mol. The van der Waals surface area contributed by atoms with E-state index in [0.717, 1.165) is 19.3 Å². The number of carbonyl (C=O) groups is 1. The van der Waals surface area contributed by atoms with Gasteiger partial charge in [0.2, 0.25) is 5.91 Å². The van der Waals surface area contributed by atoms with Crippen molar-refractivity contribution in [3.05, 3.63) is 22.4 Å². The van der Waals surface area contributed by atoms with Gasteiger partial charge in [-0.25, -0.2) is 0 Å². The maximum Gasteiger partial charge on any atom is 0.241 e. The summed E-state index contributed by atoms with van der Waals surface area (Å²) in [5.74, 6) is 1.01. The molecule has 1 saturated heterocycles. The van der Waals surface area contributed by atoms with Gasteiger partial charge in [-0.15, -0.1) is 0 Å². The zero-order valence-electron chi connectivity index (χ0n) is 13.0. The number of carbonyl (C=O) groups excluding carboxylic acids is 1. The molecule has 1 N–H and O–H groups in total. The Morgan fingerprint density at radius 2 is 2.29 bits per heavy atom. The van der Waals surface area contributed by atoms with Gasteiger partial charge < -0.3 is 4.90 Å². The molecule has 4 heteroatoms. The van der Waals surface area contributed by atoms with Crippen LogP contribution in [-0.2, 0) is 4.79 Å². The van der Waals surface area contributed by atoms with Crippen LogP contribution in [0.5, 0.6) is 0 Å². The first kappa shape index (κ1) is 15.0. The Hall–Kier alpha value is -0.870. The first-order valence-corrected chi connectivity index (χ1v) is 9.27. The smallest absolute Gasteiger partial charge is 0.241 e. The summed E-state index contributed by atoms with van der Waals surface area (Å²) in [7, 11) is 0. The molecule has 2 fully saturated rings. The van der Waals surface area contributed by atoms with E-state index in [-0.39, 0.29) is 12.2 Å². The van der Waals surface area contributed by atoms with Gasteiger partial charge in [0.05, 0.1) is 6.04 Å². The van der Waals surface area contributed by atoms with E-state index in [1.54, 1.807) is 11.3 Å². The molecule has 3 nitrogen and oxygen atoms in total. The molecular formula is C17H26N2OS. The summed E-state index contributed by atoms with van der Waals surface area (Å²) in [5.41, 5.74) is 1.25. The normalized spacial score (nSPS) is 27.9. The van der Waals surface area contributed by atoms with Gasteiger partial charge in [-0.3, -0.25) is 10.1 Å². The third-order valence-electron chi connectivity index (χ3n) is 5.17. The highest BCUT2D eigenvalue weighted by Gasteiger charge is 2.44. The fraction of sp³-hybridized carbons (Fsp3) is 0.706. The summed E-state index contributed by atoms with van der Waals surface area (Å²) in [4.78, 5) is 15.0. The molecule has 116 valence electrons. The molecule has 3 unspecified atom stereocenters. The average molecular weight is 306 g/mol. The van der Waals surface area contributed by atoms with Crippen LogP contribution in [0, 0.1) is 5.92 Å². The highest BCUT2D eigenvalue weighted by molar-refractivity contribution is 7.07. The van der Waals surface area contributed by atoms with Gasteiger partial charge in [-0.2, -0.15) is 11.3 Å². The van der Waals surface area contributed by atoms with Crippen LogP contribution in [-0.4, -0.2) is 22.9 Å². The maximum absolute atomic E-state index is 12.9. The SMILES string of the molecule is CCCCC1NC(c2ccsc2)N(C(C)C2CCC2)C1=O. The van der Waals surface area contributed by atoms with Crippen molar-refractivity contribution in [1.82, 2.24) is 10.2 Å². The molecule has 0 bridgehead atoms. The molecular weight excluding hydrogens is 280 g/mol. The lowest BCUT2D eigenvalue weighted by molar-refractivity contribution is -0.134. The lowest BCUT2D eigenvalue weighted by Crippen LogP contribution is -2.44. The van der Waals surface area contributed by atoms with Crippen molar-refractivity contribution in [2.24, 2.45) is 5.92 Å². The quantitative estimate of drug-likeness (QED) is 0.864. The third-order valence-corrected chi connectivity index (χ3v) is 5.87. The molecule has 1 aliphatic heterocycles. The van der Waals surface area contributed by atoms with Crippen LogP contribution in [0.3, 0.4) is 0 Å². The molecule has 1 amide bonds. The average Bonchev–Trinajstić information content (AvgIpc) is 3.02. The molecule has 1 aromatic heterocycles. The highest BCUT2D eigenvalue weighted by atomic mass is 32.1. The number of nitrogens with zero attached hydrogens (tertiary/aromatic N) is 1. The number of amides is 1. The molecule has 3 rings (SSSR count). The molecule has 21 heavy (non-hydrogen) atoms. The number of thiophene rings is 1. The fourth-order valence-corrected chi connectivity index (χ4v) is 4.22. The number of hydrogen-bond acceptors (Lipinski definition) is 3. The van der Waals surface area contributed by atoms with E-state index in [9.17, 15) is 4.79 Å². The van der Waals surface area contributed by atoms with Gasteiger partial charge in [-0.1, -0.05) is 26.2 Å². The van der Waals surface area contributed by atoms with Crippen LogP contribution in [0.4, 0.5) is 0 Å². The van der Waals surface area contributed by atoms with Crippen LogP contribution in [0.1, 0.15) is 64.1 Å². The molecule has 1 aromatic rings. The van der Waals surface area contributed by atoms with Crippen molar-refractivity contribution in [3.63, 3.8) is 0 Å². The van der Waals surface area contributed by atoms with Crippen molar-refractivity contribution >= 4 is 17.2 Å². The van der Waals surface area contributed by atoms with Crippen LogP contribution in [0.2, 0.25) is 0 Å². The lowest BCUT2D eigenvalue weighted by atomic mass is 9.79. The van der Waals surface area contributed by atoms with E-state index < -0.39 is 0 Å². The summed E-state index contributed by atoms with van der Waals surface area (Å²) in [5, 5.41) is 7.87. The van der Waals surface area contributed by atoms with E-state index in [1.807, 2.05) is 0 Å². The standard InChI is InChI=1S/C17H26N2OS/c1-3-4-8-15-17(20)19(12(2)13-6-5-7-13)16(18-15)14-9-10-21-11-14/h9-13,15-16,18H,3-8H2,1-2H3. The number of unbranched alkanes of at least 4 members (excludes halogenated alkanes) is 1. The molecule has 0 radical (unpaired) electrons. The topological polar surface area (TPSA) is 32.3 Å². The Kier molecular flexibility index (Phi) is 4.65. The Morgan fingerprint density at radius 1 is 1.48 bits per heavy atom. The highest BCUT2D eigenvalue weighted by Crippen LogP contribution is 2.38. The minimum atomic E-state index is 0.0115. The van der Waals surface area contributed by atoms with Gasteiger partial charge in [0, 0.05) is 6.04 Å². The van der Waals surface area contributed by atoms with Gasteiger partial charge in [0.15, 0.2) is 0 Å². The summed E-state index contributed by atoms with van der Waals surface area (Å²) < 4.78 is 0. The predicted molar refractivity (Wildman–Crippen MR) is 87.2 cm³/mol. The van der Waals surface area contributed by atoms with Gasteiger partial charge in [0.25, 0.3) is 0 Å². The Balaban J connectivity index is 1.79. The van der Waals surface area contributed by atoms with Crippen LogP contribution >= 0.6 is 11.3 Å². The van der Waals surface area contributed by atoms with Crippen LogP contribution in [0.15, 0.2) is 16.8 Å². The fourth-order valence-electron chi connectivity index (χ4n) is 3.54. The molecule has 1 saturated carbocycles. The van der Waals surface area contributed by atoms with Crippen LogP contribution in [0.25, 0.3) is 0 Å². The Labute approximate surface area is 131 Å². The van der Waals surface area contributed by atoms with Gasteiger partial charge >= 0.3 is 0 Å². The second-order valence-corrected chi connectivity index (χ2v) is 7.28. The third kappa shape index (κ3) is 2.88. The summed E-state index contributed by atoms with van der Waals surface area (Å²) in [6.07, 6.45) is 7.19. The molecule has 3 atom stereocenters. The van der Waals surface area contributed by atoms with Gasteiger partial charge in [0.1, 0.15) is 6.17 Å². The lowest BCUT2D eigenvalue weighted by Gasteiger charge is -2.39. The van der Waals surface area contributed by atoms with Crippen LogP contribution < -0.4 is 5.32 Å². The first-order valence-electron chi connectivity index (χ1n) is 8.32. The molecule has 2 aliphatic rings. The minimum Gasteiger partial charge on any atom is -0.319 e. The largest absolute Gasteiger partial charge is 0.319 e. The zero-order chi connectivity index (χ0) is 14.8. The molecule has 0 aromatic carbocycles.